The fourth-order valence-electron chi connectivity index (χ4n) is 3.64. The van der Waals surface area contributed by atoms with E-state index in [9.17, 15) is 9.90 Å². The van der Waals surface area contributed by atoms with E-state index >= 15 is 0 Å². The molecule has 1 aliphatic heterocycles. The first kappa shape index (κ1) is 14.5. The molecule has 0 radical (unpaired) electrons. The molecule has 2 aliphatic rings. The van der Waals surface area contributed by atoms with Gasteiger partial charge >= 0.3 is 0 Å². The van der Waals surface area contributed by atoms with E-state index in [1.807, 2.05) is 38.1 Å². The summed E-state index contributed by atoms with van der Waals surface area (Å²) in [4.78, 5) is 12.5. The molecule has 0 bridgehead atoms. The maximum Gasteiger partial charge on any atom is 0.223 e. The van der Waals surface area contributed by atoms with Crippen LogP contribution in [0.3, 0.4) is 0 Å². The highest BCUT2D eigenvalue weighted by molar-refractivity contribution is 5.79. The summed E-state index contributed by atoms with van der Waals surface area (Å²) in [5.41, 5.74) is 2.18. The van der Waals surface area contributed by atoms with Gasteiger partial charge in [-0.15, -0.1) is 0 Å². The van der Waals surface area contributed by atoms with E-state index in [4.69, 9.17) is 4.74 Å². The summed E-state index contributed by atoms with van der Waals surface area (Å²) >= 11 is 0. The van der Waals surface area contributed by atoms with Gasteiger partial charge in [-0.05, 0) is 37.8 Å². The Morgan fingerprint density at radius 1 is 1.24 bits per heavy atom. The van der Waals surface area contributed by atoms with Crippen LogP contribution in [0.15, 0.2) is 24.3 Å². The van der Waals surface area contributed by atoms with Crippen LogP contribution < -0.4 is 5.32 Å². The first-order valence-electron chi connectivity index (χ1n) is 7.76. The Hall–Kier alpha value is -1.39. The number of benzene rings is 1. The number of ether oxygens (including phenoxy) is 1. The van der Waals surface area contributed by atoms with E-state index < -0.39 is 6.10 Å². The van der Waals surface area contributed by atoms with E-state index in [0.29, 0.717) is 6.42 Å². The highest BCUT2D eigenvalue weighted by atomic mass is 16.5. The topological polar surface area (TPSA) is 58.6 Å². The number of amides is 1. The molecule has 4 heteroatoms. The van der Waals surface area contributed by atoms with Gasteiger partial charge in [-0.1, -0.05) is 24.3 Å². The van der Waals surface area contributed by atoms with Crippen molar-refractivity contribution >= 4 is 5.91 Å². The normalized spacial score (nSPS) is 35.3. The van der Waals surface area contributed by atoms with E-state index in [0.717, 1.165) is 24.0 Å². The molecule has 1 aliphatic carbocycles. The van der Waals surface area contributed by atoms with Crippen LogP contribution in [0.2, 0.25) is 0 Å². The van der Waals surface area contributed by atoms with Crippen LogP contribution in [0.4, 0.5) is 0 Å². The summed E-state index contributed by atoms with van der Waals surface area (Å²) in [5.74, 6) is 0.0152. The van der Waals surface area contributed by atoms with Gasteiger partial charge in [0.05, 0.1) is 24.4 Å². The number of nitrogens with one attached hydrogen (secondary N) is 1. The number of aliphatic hydroxyl groups excluding tert-OH is 1. The molecule has 3 rings (SSSR count). The second-order valence-corrected chi connectivity index (χ2v) is 6.38. The van der Waals surface area contributed by atoms with Crippen molar-refractivity contribution in [2.24, 2.45) is 5.92 Å². The predicted octanol–water partition coefficient (Wildman–Crippen LogP) is 1.96. The fourth-order valence-corrected chi connectivity index (χ4v) is 3.64. The van der Waals surface area contributed by atoms with E-state index in [1.165, 1.54) is 0 Å². The number of rotatable bonds is 2. The summed E-state index contributed by atoms with van der Waals surface area (Å²) in [5, 5.41) is 13.3. The second-order valence-electron chi connectivity index (χ2n) is 6.38. The van der Waals surface area contributed by atoms with Crippen molar-refractivity contribution in [1.29, 1.82) is 0 Å². The predicted molar refractivity (Wildman–Crippen MR) is 79.8 cm³/mol. The molecule has 2 N–H and O–H groups in total. The molecule has 1 fully saturated rings. The van der Waals surface area contributed by atoms with Crippen molar-refractivity contribution in [3.63, 3.8) is 0 Å². The number of aliphatic hydroxyl groups is 1. The number of hydrogen-bond donors (Lipinski definition) is 2. The molecule has 1 amide bonds. The van der Waals surface area contributed by atoms with Crippen LogP contribution in [0.25, 0.3) is 0 Å². The van der Waals surface area contributed by atoms with Crippen LogP contribution in [0.5, 0.6) is 0 Å². The molecule has 1 aromatic rings. The monoisotopic (exact) mass is 289 g/mol. The molecule has 1 heterocycles. The molecule has 4 unspecified atom stereocenters. The Morgan fingerprint density at radius 2 is 1.90 bits per heavy atom. The maximum absolute atomic E-state index is 12.5. The third kappa shape index (κ3) is 2.97. The Labute approximate surface area is 125 Å². The number of fused-ring (bicyclic) bond motifs is 1. The van der Waals surface area contributed by atoms with Gasteiger partial charge in [0.25, 0.3) is 0 Å². The number of carbonyl (C=O) groups is 1. The van der Waals surface area contributed by atoms with Crippen molar-refractivity contribution in [3.8, 4) is 0 Å². The minimum Gasteiger partial charge on any atom is -0.390 e. The van der Waals surface area contributed by atoms with Gasteiger partial charge in [0.15, 0.2) is 0 Å². The van der Waals surface area contributed by atoms with Gasteiger partial charge in [-0.2, -0.15) is 0 Å². The van der Waals surface area contributed by atoms with Gasteiger partial charge in [0, 0.05) is 12.3 Å². The minimum atomic E-state index is -0.527. The molecule has 0 spiro atoms. The number of hydrogen-bond acceptors (Lipinski definition) is 3. The summed E-state index contributed by atoms with van der Waals surface area (Å²) in [6.07, 6.45) is 1.82. The van der Waals surface area contributed by atoms with Crippen molar-refractivity contribution in [1.82, 2.24) is 5.32 Å². The maximum atomic E-state index is 12.5. The van der Waals surface area contributed by atoms with Crippen LogP contribution in [-0.2, 0) is 16.0 Å². The molecule has 1 saturated heterocycles. The average Bonchev–Trinajstić information content (AvgIpc) is 2.74. The quantitative estimate of drug-likeness (QED) is 0.875. The van der Waals surface area contributed by atoms with Gasteiger partial charge in [0.2, 0.25) is 5.91 Å². The highest BCUT2D eigenvalue weighted by Gasteiger charge is 2.35. The van der Waals surface area contributed by atoms with Crippen LogP contribution in [0, 0.1) is 5.92 Å². The highest BCUT2D eigenvalue weighted by Crippen LogP contribution is 2.32. The molecule has 4 atom stereocenters. The molecule has 4 nitrogen and oxygen atoms in total. The third-order valence-corrected chi connectivity index (χ3v) is 4.57. The van der Waals surface area contributed by atoms with Crippen LogP contribution >= 0.6 is 0 Å². The van der Waals surface area contributed by atoms with Crippen molar-refractivity contribution in [3.05, 3.63) is 35.4 Å². The molecule has 114 valence electrons. The van der Waals surface area contributed by atoms with Crippen molar-refractivity contribution in [2.75, 3.05) is 0 Å². The summed E-state index contributed by atoms with van der Waals surface area (Å²) < 4.78 is 5.68. The first-order valence-corrected chi connectivity index (χ1v) is 7.76. The lowest BCUT2D eigenvalue weighted by molar-refractivity contribution is -0.134. The second kappa shape index (κ2) is 5.78. The van der Waals surface area contributed by atoms with E-state index in [2.05, 4.69) is 5.32 Å². The Balaban J connectivity index is 1.70. The van der Waals surface area contributed by atoms with Gasteiger partial charge in [0.1, 0.15) is 0 Å². The largest absolute Gasteiger partial charge is 0.390 e. The lowest BCUT2D eigenvalue weighted by atomic mass is 9.91. The van der Waals surface area contributed by atoms with Crippen molar-refractivity contribution < 1.29 is 14.6 Å². The van der Waals surface area contributed by atoms with E-state index in [-0.39, 0.29) is 30.1 Å². The Morgan fingerprint density at radius 3 is 2.62 bits per heavy atom. The zero-order valence-corrected chi connectivity index (χ0v) is 12.6. The van der Waals surface area contributed by atoms with Gasteiger partial charge in [-0.25, -0.2) is 0 Å². The minimum absolute atomic E-state index is 0.0243. The molecule has 0 saturated carbocycles. The smallest absolute Gasteiger partial charge is 0.223 e. The summed E-state index contributed by atoms with van der Waals surface area (Å²) in [6.45, 7) is 4.02. The molecule has 0 aromatic heterocycles. The molecular formula is C17H23NO3. The summed E-state index contributed by atoms with van der Waals surface area (Å²) in [6, 6.07) is 7.66. The molecular weight excluding hydrogens is 266 g/mol. The SMILES string of the molecule is CC1CC(C(=O)NC2c3ccccc3CC2O)CC(C)O1. The van der Waals surface area contributed by atoms with E-state index in [1.54, 1.807) is 0 Å². The lowest BCUT2D eigenvalue weighted by Crippen LogP contribution is -2.42. The summed E-state index contributed by atoms with van der Waals surface area (Å²) in [7, 11) is 0. The number of carbonyl (C=O) groups excluding carboxylic acids is 1. The first-order chi connectivity index (χ1) is 10.0. The zero-order valence-electron chi connectivity index (χ0n) is 12.6. The third-order valence-electron chi connectivity index (χ3n) is 4.57. The average molecular weight is 289 g/mol. The van der Waals surface area contributed by atoms with Gasteiger partial charge < -0.3 is 15.2 Å². The lowest BCUT2D eigenvalue weighted by Gasteiger charge is -2.32. The van der Waals surface area contributed by atoms with Crippen molar-refractivity contribution in [2.45, 2.75) is 57.5 Å². The Kier molecular flexibility index (Phi) is 4.00. The molecule has 1 aromatic carbocycles. The van der Waals surface area contributed by atoms with Crippen LogP contribution in [0.1, 0.15) is 43.9 Å². The molecule has 21 heavy (non-hydrogen) atoms. The van der Waals surface area contributed by atoms with Crippen LogP contribution in [-0.4, -0.2) is 29.3 Å². The zero-order chi connectivity index (χ0) is 15.0. The fraction of sp³-hybridized carbons (Fsp3) is 0.588. The Bertz CT molecular complexity index is 521. The standard InChI is InChI=1S/C17H23NO3/c1-10-7-13(8-11(2)21-10)17(20)18-16-14-6-4-3-5-12(14)9-15(16)19/h3-6,10-11,13,15-16,19H,7-9H2,1-2H3,(H,18,20). The van der Waals surface area contributed by atoms with Gasteiger partial charge in [-0.3, -0.25) is 4.79 Å².